The van der Waals surface area contributed by atoms with Gasteiger partial charge in [0.2, 0.25) is 0 Å². The highest BCUT2D eigenvalue weighted by Crippen LogP contribution is 2.24. The number of hydrogen-bond acceptors (Lipinski definition) is 5. The fourth-order valence-corrected chi connectivity index (χ4v) is 2.23. The van der Waals surface area contributed by atoms with Crippen LogP contribution in [0.4, 0.5) is 4.79 Å². The van der Waals surface area contributed by atoms with Gasteiger partial charge in [0.15, 0.2) is 0 Å². The molecule has 13 heavy (non-hydrogen) atoms. The lowest BCUT2D eigenvalue weighted by atomic mass is 10.3. The van der Waals surface area contributed by atoms with Gasteiger partial charge in [-0.3, -0.25) is 4.79 Å². The number of aliphatic carboxylic acids is 1. The van der Waals surface area contributed by atoms with Gasteiger partial charge in [0.25, 0.3) is 0 Å². The van der Waals surface area contributed by atoms with Gasteiger partial charge in [-0.25, -0.2) is 4.79 Å². The third-order valence-electron chi connectivity index (χ3n) is 1.16. The second-order valence-corrected chi connectivity index (χ2v) is 4.56. The molecule has 76 valence electrons. The largest absolute Gasteiger partial charge is 0.481 e. The van der Waals surface area contributed by atoms with Crippen molar-refractivity contribution in [3.8, 4) is 0 Å². The van der Waals surface area contributed by atoms with Crippen LogP contribution in [-0.4, -0.2) is 29.2 Å². The molecule has 0 aliphatic rings. The average Bonchev–Trinajstić information content (AvgIpc) is 2.10. The van der Waals surface area contributed by atoms with Crippen molar-refractivity contribution in [2.24, 2.45) is 0 Å². The van der Waals surface area contributed by atoms with E-state index < -0.39 is 5.97 Å². The van der Waals surface area contributed by atoms with Crippen LogP contribution in [-0.2, 0) is 9.53 Å². The molecule has 0 aromatic carbocycles. The lowest BCUT2D eigenvalue weighted by molar-refractivity contribution is -0.137. The van der Waals surface area contributed by atoms with E-state index in [1.807, 2.05) is 0 Å². The van der Waals surface area contributed by atoms with Crippen LogP contribution in [0.3, 0.4) is 0 Å². The first-order chi connectivity index (χ1) is 6.16. The van der Waals surface area contributed by atoms with Crippen molar-refractivity contribution in [1.82, 2.24) is 0 Å². The summed E-state index contributed by atoms with van der Waals surface area (Å²) < 4.78 is 4.40. The molecular weight excluding hydrogens is 212 g/mol. The van der Waals surface area contributed by atoms with Crippen LogP contribution >= 0.6 is 21.6 Å². The van der Waals surface area contributed by atoms with Gasteiger partial charge in [-0.05, 0) is 12.8 Å². The monoisotopic (exact) mass is 224 g/mol. The summed E-state index contributed by atoms with van der Waals surface area (Å²) in [5.41, 5.74) is 0. The molecule has 0 saturated carbocycles. The van der Waals surface area contributed by atoms with E-state index in [-0.39, 0.29) is 11.7 Å². The third-order valence-corrected chi connectivity index (χ3v) is 3.30. The number of carboxylic acid groups (broad SMARTS) is 1. The maximum Gasteiger partial charge on any atom is 0.377 e. The second kappa shape index (κ2) is 8.25. The molecule has 0 saturated heterocycles. The van der Waals surface area contributed by atoms with E-state index >= 15 is 0 Å². The van der Waals surface area contributed by atoms with Crippen molar-refractivity contribution in [1.29, 1.82) is 0 Å². The van der Waals surface area contributed by atoms with E-state index in [1.54, 1.807) is 0 Å². The minimum Gasteiger partial charge on any atom is -0.481 e. The minimum atomic E-state index is -0.773. The lowest BCUT2D eigenvalue weighted by Crippen LogP contribution is -1.94. The number of unbranched alkanes of at least 4 members (excludes halogenated alkanes) is 1. The molecule has 6 heteroatoms. The lowest BCUT2D eigenvalue weighted by Gasteiger charge is -1.97. The summed E-state index contributed by atoms with van der Waals surface area (Å²) in [6, 6.07) is 0. The summed E-state index contributed by atoms with van der Waals surface area (Å²) in [6.45, 7) is 0. The van der Waals surface area contributed by atoms with E-state index in [0.717, 1.165) is 23.0 Å². The Bertz CT molecular complexity index is 172. The topological polar surface area (TPSA) is 63.6 Å². The van der Waals surface area contributed by atoms with Crippen LogP contribution < -0.4 is 0 Å². The molecule has 0 fully saturated rings. The highest BCUT2D eigenvalue weighted by Gasteiger charge is 2.01. The summed E-state index contributed by atoms with van der Waals surface area (Å²) in [5.74, 6) is -0.00169. The first kappa shape index (κ1) is 12.6. The maximum absolute atomic E-state index is 10.6. The van der Waals surface area contributed by atoms with E-state index in [4.69, 9.17) is 5.11 Å². The van der Waals surface area contributed by atoms with Gasteiger partial charge in [-0.1, -0.05) is 10.8 Å². The van der Waals surface area contributed by atoms with Crippen LogP contribution in [0.2, 0.25) is 0 Å². The Balaban J connectivity index is 3.08. The number of carboxylic acids is 1. The van der Waals surface area contributed by atoms with E-state index in [2.05, 4.69) is 4.74 Å². The number of rotatable bonds is 6. The Kier molecular flexibility index (Phi) is 8.02. The van der Waals surface area contributed by atoms with Crippen LogP contribution in [0.5, 0.6) is 0 Å². The van der Waals surface area contributed by atoms with Gasteiger partial charge < -0.3 is 9.84 Å². The summed E-state index contributed by atoms with van der Waals surface area (Å²) in [4.78, 5) is 20.7. The average molecular weight is 224 g/mol. The van der Waals surface area contributed by atoms with Gasteiger partial charge in [-0.15, -0.1) is 0 Å². The van der Waals surface area contributed by atoms with E-state index in [9.17, 15) is 9.59 Å². The summed E-state index contributed by atoms with van der Waals surface area (Å²) in [5, 5.41) is 7.99. The molecule has 0 amide bonds. The van der Waals surface area contributed by atoms with Gasteiger partial charge in [0.05, 0.1) is 7.11 Å². The smallest absolute Gasteiger partial charge is 0.377 e. The molecule has 1 N–H and O–H groups in total. The third kappa shape index (κ3) is 9.55. The predicted molar refractivity (Wildman–Crippen MR) is 53.9 cm³/mol. The molecule has 0 aliphatic carbocycles. The molecule has 0 aromatic heterocycles. The quantitative estimate of drug-likeness (QED) is 0.424. The fourth-order valence-electron chi connectivity index (χ4n) is 0.561. The molecule has 0 aromatic rings. The number of hydrogen-bond donors (Lipinski definition) is 1. The fraction of sp³-hybridized carbons (Fsp3) is 0.714. The van der Waals surface area contributed by atoms with E-state index in [0.29, 0.717) is 6.42 Å². The van der Waals surface area contributed by atoms with Crippen molar-refractivity contribution >= 4 is 32.9 Å². The number of ether oxygens (including phenoxy) is 1. The van der Waals surface area contributed by atoms with Crippen molar-refractivity contribution in [2.45, 2.75) is 19.3 Å². The first-order valence-electron chi connectivity index (χ1n) is 3.76. The van der Waals surface area contributed by atoms with Crippen LogP contribution in [0, 0.1) is 0 Å². The zero-order valence-corrected chi connectivity index (χ0v) is 8.95. The first-order valence-corrected chi connectivity index (χ1v) is 6.08. The normalized spacial score (nSPS) is 9.62. The Labute approximate surface area is 84.8 Å². The Morgan fingerprint density at radius 3 is 2.62 bits per heavy atom. The van der Waals surface area contributed by atoms with Crippen molar-refractivity contribution in [3.05, 3.63) is 0 Å². The van der Waals surface area contributed by atoms with E-state index in [1.165, 1.54) is 17.9 Å². The molecule has 4 nitrogen and oxygen atoms in total. The summed E-state index contributed by atoms with van der Waals surface area (Å²) in [7, 11) is 3.76. The van der Waals surface area contributed by atoms with Crippen LogP contribution in [0.1, 0.15) is 19.3 Å². The molecule has 0 rings (SSSR count). The Hall–Kier alpha value is -0.360. The molecular formula is C7H12O4S2. The predicted octanol–water partition coefficient (Wildman–Crippen LogP) is 2.39. The zero-order chi connectivity index (χ0) is 10.1. The molecule has 0 unspecified atom stereocenters. The highest BCUT2D eigenvalue weighted by atomic mass is 33.1. The maximum atomic E-state index is 10.6. The van der Waals surface area contributed by atoms with Gasteiger partial charge in [0.1, 0.15) is 0 Å². The highest BCUT2D eigenvalue weighted by molar-refractivity contribution is 8.82. The van der Waals surface area contributed by atoms with Gasteiger partial charge >= 0.3 is 11.3 Å². The minimum absolute atomic E-state index is 0.198. The number of carbonyl (C=O) groups is 2. The van der Waals surface area contributed by atoms with Crippen LogP contribution in [0.25, 0.3) is 0 Å². The van der Waals surface area contributed by atoms with Crippen molar-refractivity contribution < 1.29 is 19.4 Å². The number of methoxy groups -OCH3 is 1. The number of carbonyl (C=O) groups excluding carboxylic acids is 1. The molecule has 0 aliphatic heterocycles. The molecule has 0 bridgehead atoms. The van der Waals surface area contributed by atoms with Gasteiger partial charge in [0, 0.05) is 23.0 Å². The summed E-state index contributed by atoms with van der Waals surface area (Å²) in [6.07, 6.45) is 1.66. The molecule has 0 spiro atoms. The SMILES string of the molecule is COC(=O)SSCCCCC(=O)O. The molecule has 0 heterocycles. The summed E-state index contributed by atoms with van der Waals surface area (Å²) >= 11 is 0. The second-order valence-electron chi connectivity index (χ2n) is 2.21. The molecule has 0 atom stereocenters. The molecule has 0 radical (unpaired) electrons. The van der Waals surface area contributed by atoms with Crippen molar-refractivity contribution in [3.63, 3.8) is 0 Å². The zero-order valence-electron chi connectivity index (χ0n) is 7.32. The van der Waals surface area contributed by atoms with Gasteiger partial charge in [-0.2, -0.15) is 0 Å². The Morgan fingerprint density at radius 2 is 2.08 bits per heavy atom. The standard InChI is InChI=1S/C7H12O4S2/c1-11-7(10)13-12-5-3-2-4-6(8)9/h2-5H2,1H3,(H,8,9). The Morgan fingerprint density at radius 1 is 1.38 bits per heavy atom. The van der Waals surface area contributed by atoms with Crippen LogP contribution in [0.15, 0.2) is 0 Å². The van der Waals surface area contributed by atoms with Crippen molar-refractivity contribution in [2.75, 3.05) is 12.9 Å².